The molecule has 0 aliphatic rings. The fourth-order valence-corrected chi connectivity index (χ4v) is 3.45. The Morgan fingerprint density at radius 3 is 2.91 bits per heavy atom. The summed E-state index contributed by atoms with van der Waals surface area (Å²) in [5.41, 5.74) is 8.75. The number of carbonyl (C=O) groups is 1. The number of methoxy groups -OCH3 is 1. The molecular weight excluding hydrogens is 430 g/mol. The number of nitrogens with two attached hydrogens (primary N) is 1. The molecule has 0 bridgehead atoms. The molecule has 9 nitrogen and oxygen atoms in total. The van der Waals surface area contributed by atoms with Crippen molar-refractivity contribution in [3.63, 3.8) is 0 Å². The third-order valence-corrected chi connectivity index (χ3v) is 5.44. The topological polar surface area (TPSA) is 112 Å². The van der Waals surface area contributed by atoms with E-state index in [1.165, 1.54) is 6.20 Å². The molecule has 3 N–H and O–H groups in total. The van der Waals surface area contributed by atoms with Gasteiger partial charge in [-0.05, 0) is 30.2 Å². The number of rotatable bonds is 7. The van der Waals surface area contributed by atoms with Crippen LogP contribution in [-0.4, -0.2) is 43.4 Å². The molecule has 4 aromatic rings. The number of hydrogen-bond acceptors (Lipinski definition) is 6. The van der Waals surface area contributed by atoms with Crippen LogP contribution in [0, 0.1) is 5.92 Å². The molecule has 1 amide bonds. The van der Waals surface area contributed by atoms with Gasteiger partial charge in [0.15, 0.2) is 5.65 Å². The monoisotopic (exact) mass is 453 g/mol. The predicted molar refractivity (Wildman–Crippen MR) is 123 cm³/mol. The van der Waals surface area contributed by atoms with Crippen molar-refractivity contribution in [3.05, 3.63) is 59.6 Å². The normalized spacial score (nSPS) is 12.3. The highest BCUT2D eigenvalue weighted by Crippen LogP contribution is 2.36. The molecule has 0 saturated heterocycles. The minimum Gasteiger partial charge on any atom is -0.496 e. The molecule has 0 aliphatic heterocycles. The number of anilines is 1. The van der Waals surface area contributed by atoms with Crippen LogP contribution in [0.5, 0.6) is 5.75 Å². The maximum atomic E-state index is 13.1. The van der Waals surface area contributed by atoms with E-state index < -0.39 is 0 Å². The maximum Gasteiger partial charge on any atom is 0.261 e. The highest BCUT2D eigenvalue weighted by molar-refractivity contribution is 6.31. The summed E-state index contributed by atoms with van der Waals surface area (Å²) >= 11 is 6.24. The van der Waals surface area contributed by atoms with Crippen LogP contribution in [0.15, 0.2) is 49.1 Å². The molecule has 1 atom stereocenters. The minimum atomic E-state index is -0.353. The fourth-order valence-electron chi connectivity index (χ4n) is 3.27. The zero-order chi connectivity index (χ0) is 22.8. The molecule has 4 rings (SSSR count). The average Bonchev–Trinajstić information content (AvgIpc) is 3.37. The summed E-state index contributed by atoms with van der Waals surface area (Å²) in [6.07, 6.45) is 6.58. The van der Waals surface area contributed by atoms with Crippen molar-refractivity contribution in [2.24, 2.45) is 11.7 Å². The van der Waals surface area contributed by atoms with Gasteiger partial charge in [0.25, 0.3) is 5.91 Å². The van der Waals surface area contributed by atoms with Crippen molar-refractivity contribution in [1.29, 1.82) is 0 Å². The zero-order valence-electron chi connectivity index (χ0n) is 18.0. The lowest BCUT2D eigenvalue weighted by Gasteiger charge is -2.15. The first kappa shape index (κ1) is 21.8. The van der Waals surface area contributed by atoms with Gasteiger partial charge in [-0.25, -0.2) is 9.50 Å². The van der Waals surface area contributed by atoms with Crippen LogP contribution in [0.25, 0.3) is 16.9 Å². The lowest BCUT2D eigenvalue weighted by Crippen LogP contribution is -2.31. The van der Waals surface area contributed by atoms with Gasteiger partial charge in [0.2, 0.25) is 0 Å². The number of nitrogens with zero attached hydrogens (tertiary/aromatic N) is 5. The fraction of sp³-hybridized carbons (Fsp3) is 0.273. The molecule has 10 heteroatoms. The van der Waals surface area contributed by atoms with Gasteiger partial charge in [-0.2, -0.15) is 10.2 Å². The van der Waals surface area contributed by atoms with Gasteiger partial charge in [0, 0.05) is 35.2 Å². The third-order valence-electron chi connectivity index (χ3n) is 5.20. The van der Waals surface area contributed by atoms with Crippen LogP contribution in [0.2, 0.25) is 5.02 Å². The van der Waals surface area contributed by atoms with Gasteiger partial charge in [-0.3, -0.25) is 9.48 Å². The summed E-state index contributed by atoms with van der Waals surface area (Å²) in [5.74, 6) is 0.501. The first-order chi connectivity index (χ1) is 15.4. The number of benzene rings is 1. The molecule has 3 aromatic heterocycles. The Kier molecular flexibility index (Phi) is 6.11. The third kappa shape index (κ3) is 4.30. The largest absolute Gasteiger partial charge is 0.496 e. The standard InChI is InChI=1S/C22H24ClN7O2/c1-13(2)17(24)11-29-12-18(20(28-29)15-9-14(23)5-6-19(15)32-3)27-22(31)16-10-26-30-8-4-7-25-21(16)30/h4-10,12-13,17H,11,24H2,1-3H3,(H,27,31)/t17-/m1/s1. The minimum absolute atomic E-state index is 0.101. The second kappa shape index (κ2) is 8.97. The van der Waals surface area contributed by atoms with E-state index in [4.69, 9.17) is 27.2 Å². The van der Waals surface area contributed by atoms with Crippen LogP contribution in [0.4, 0.5) is 5.69 Å². The van der Waals surface area contributed by atoms with Crippen LogP contribution in [0.1, 0.15) is 24.2 Å². The highest BCUT2D eigenvalue weighted by atomic mass is 35.5. The predicted octanol–water partition coefficient (Wildman–Crippen LogP) is 3.49. The van der Waals surface area contributed by atoms with Crippen molar-refractivity contribution in [2.75, 3.05) is 12.4 Å². The molecular formula is C22H24ClN7O2. The van der Waals surface area contributed by atoms with Crippen molar-refractivity contribution >= 4 is 28.8 Å². The van der Waals surface area contributed by atoms with Crippen LogP contribution in [-0.2, 0) is 6.54 Å². The lowest BCUT2D eigenvalue weighted by molar-refractivity contribution is 0.102. The summed E-state index contributed by atoms with van der Waals surface area (Å²) in [7, 11) is 1.57. The maximum absolute atomic E-state index is 13.1. The average molecular weight is 454 g/mol. The van der Waals surface area contributed by atoms with E-state index in [2.05, 4.69) is 29.2 Å². The second-order valence-corrected chi connectivity index (χ2v) is 8.20. The molecule has 0 aliphatic carbocycles. The first-order valence-electron chi connectivity index (χ1n) is 10.1. The van der Waals surface area contributed by atoms with E-state index >= 15 is 0 Å². The Morgan fingerprint density at radius 1 is 1.34 bits per heavy atom. The van der Waals surface area contributed by atoms with E-state index in [1.54, 1.807) is 59.2 Å². The Hall–Kier alpha value is -3.43. The molecule has 0 saturated carbocycles. The number of nitrogens with one attached hydrogen (secondary N) is 1. The van der Waals surface area contributed by atoms with Gasteiger partial charge < -0.3 is 15.8 Å². The van der Waals surface area contributed by atoms with Crippen LogP contribution in [0.3, 0.4) is 0 Å². The summed E-state index contributed by atoms with van der Waals surface area (Å²) in [4.78, 5) is 17.4. The molecule has 0 radical (unpaired) electrons. The Balaban J connectivity index is 1.75. The van der Waals surface area contributed by atoms with Gasteiger partial charge >= 0.3 is 0 Å². The van der Waals surface area contributed by atoms with Crippen molar-refractivity contribution in [3.8, 4) is 17.0 Å². The lowest BCUT2D eigenvalue weighted by atomic mass is 10.1. The van der Waals surface area contributed by atoms with E-state index in [0.29, 0.717) is 45.5 Å². The molecule has 0 unspecified atom stereocenters. The quantitative estimate of drug-likeness (QED) is 0.443. The van der Waals surface area contributed by atoms with E-state index in [0.717, 1.165) is 0 Å². The van der Waals surface area contributed by atoms with Gasteiger partial charge in [0.05, 0.1) is 25.5 Å². The second-order valence-electron chi connectivity index (χ2n) is 7.77. The van der Waals surface area contributed by atoms with Crippen LogP contribution < -0.4 is 15.8 Å². The summed E-state index contributed by atoms with van der Waals surface area (Å²) in [6.45, 7) is 4.59. The molecule has 1 aromatic carbocycles. The number of halogens is 1. The van der Waals surface area contributed by atoms with E-state index in [9.17, 15) is 4.79 Å². The van der Waals surface area contributed by atoms with Gasteiger partial charge in [-0.15, -0.1) is 0 Å². The van der Waals surface area contributed by atoms with Crippen molar-refractivity contribution in [1.82, 2.24) is 24.4 Å². The Bertz CT molecular complexity index is 1260. The Morgan fingerprint density at radius 2 is 2.16 bits per heavy atom. The molecule has 32 heavy (non-hydrogen) atoms. The molecule has 3 heterocycles. The zero-order valence-corrected chi connectivity index (χ0v) is 18.7. The number of ether oxygens (including phenoxy) is 1. The molecule has 0 fully saturated rings. The van der Waals surface area contributed by atoms with Crippen LogP contribution >= 0.6 is 11.6 Å². The van der Waals surface area contributed by atoms with Gasteiger partial charge in [-0.1, -0.05) is 25.4 Å². The molecule has 0 spiro atoms. The first-order valence-corrected chi connectivity index (χ1v) is 10.5. The smallest absolute Gasteiger partial charge is 0.261 e. The van der Waals surface area contributed by atoms with Gasteiger partial charge in [0.1, 0.15) is 17.0 Å². The summed E-state index contributed by atoms with van der Waals surface area (Å²) in [6, 6.07) is 6.89. The highest BCUT2D eigenvalue weighted by Gasteiger charge is 2.21. The summed E-state index contributed by atoms with van der Waals surface area (Å²) in [5, 5.41) is 12.3. The number of fused-ring (bicyclic) bond motifs is 1. The number of hydrogen-bond donors (Lipinski definition) is 2. The van der Waals surface area contributed by atoms with Crippen molar-refractivity contribution < 1.29 is 9.53 Å². The summed E-state index contributed by atoms with van der Waals surface area (Å²) < 4.78 is 8.77. The van der Waals surface area contributed by atoms with E-state index in [1.807, 2.05) is 0 Å². The SMILES string of the molecule is COc1ccc(Cl)cc1-c1nn(C[C@@H](N)C(C)C)cc1NC(=O)c1cnn2cccnc12. The number of aromatic nitrogens is 5. The number of amides is 1. The van der Waals surface area contributed by atoms with Crippen molar-refractivity contribution in [2.45, 2.75) is 26.4 Å². The van der Waals surface area contributed by atoms with E-state index in [-0.39, 0.29) is 17.9 Å². The number of carbonyl (C=O) groups excluding carboxylic acids is 1. The molecule has 166 valence electrons. The Labute approximate surface area is 190 Å².